The number of nitrogens with zero attached hydrogens (tertiary/aromatic N) is 1. The van der Waals surface area contributed by atoms with Crippen molar-refractivity contribution >= 4 is 19.7 Å². The third kappa shape index (κ3) is 1.64. The maximum atomic E-state index is 12.5. The lowest BCUT2D eigenvalue weighted by molar-refractivity contribution is 0.411. The average molecular weight is 212 g/mol. The Morgan fingerprint density at radius 3 is 2.58 bits per heavy atom. The summed E-state index contributed by atoms with van der Waals surface area (Å²) in [6.45, 7) is 0. The molecule has 0 aromatic carbocycles. The lowest BCUT2D eigenvalue weighted by atomic mass is 10.4. The van der Waals surface area contributed by atoms with Gasteiger partial charge in [-0.25, -0.2) is 17.8 Å². The van der Waals surface area contributed by atoms with Gasteiger partial charge in [-0.3, -0.25) is 0 Å². The number of hydrogen-bond acceptors (Lipinski definition) is 4. The lowest BCUT2D eigenvalue weighted by Crippen LogP contribution is -1.96. The van der Waals surface area contributed by atoms with Crippen molar-refractivity contribution in [2.75, 3.05) is 0 Å². The van der Waals surface area contributed by atoms with E-state index in [0.717, 1.165) is 12.3 Å². The van der Waals surface area contributed by atoms with E-state index in [0.29, 0.717) is 0 Å². The molecule has 0 amide bonds. The minimum absolute atomic E-state index is 0.820. The monoisotopic (exact) mass is 211 g/mol. The van der Waals surface area contributed by atoms with Gasteiger partial charge >= 0.3 is 0 Å². The van der Waals surface area contributed by atoms with Gasteiger partial charge in [0.2, 0.25) is 5.03 Å². The highest BCUT2D eigenvalue weighted by atomic mass is 35.7. The van der Waals surface area contributed by atoms with E-state index in [9.17, 15) is 12.8 Å². The van der Waals surface area contributed by atoms with Crippen LogP contribution in [0.25, 0.3) is 0 Å². The molecule has 0 radical (unpaired) electrons. The van der Waals surface area contributed by atoms with Crippen LogP contribution in [0.5, 0.6) is 5.75 Å². The zero-order valence-corrected chi connectivity index (χ0v) is 7.10. The van der Waals surface area contributed by atoms with E-state index in [4.69, 9.17) is 15.8 Å². The molecular weight excluding hydrogens is 209 g/mol. The van der Waals surface area contributed by atoms with Crippen LogP contribution in [0.15, 0.2) is 17.3 Å². The fourth-order valence-electron chi connectivity index (χ4n) is 0.591. The van der Waals surface area contributed by atoms with E-state index in [1.165, 1.54) is 0 Å². The van der Waals surface area contributed by atoms with Gasteiger partial charge in [0.15, 0.2) is 11.6 Å². The van der Waals surface area contributed by atoms with Crippen molar-refractivity contribution in [3.63, 3.8) is 0 Å². The van der Waals surface area contributed by atoms with Gasteiger partial charge < -0.3 is 5.11 Å². The van der Waals surface area contributed by atoms with Crippen molar-refractivity contribution in [1.82, 2.24) is 4.98 Å². The predicted molar refractivity (Wildman–Crippen MR) is 38.9 cm³/mol. The van der Waals surface area contributed by atoms with Gasteiger partial charge in [0.05, 0.1) is 0 Å². The molecule has 7 heteroatoms. The van der Waals surface area contributed by atoms with Crippen molar-refractivity contribution in [2.24, 2.45) is 0 Å². The van der Waals surface area contributed by atoms with E-state index in [1.807, 2.05) is 0 Å². The van der Waals surface area contributed by atoms with E-state index >= 15 is 0 Å². The second kappa shape index (κ2) is 2.87. The Bertz CT molecular complexity index is 405. The van der Waals surface area contributed by atoms with Gasteiger partial charge in [0, 0.05) is 16.9 Å². The number of pyridine rings is 1. The first-order chi connectivity index (χ1) is 5.43. The SMILES string of the molecule is O=S(=O)(Cl)c1nccc(F)c1O. The second-order valence-electron chi connectivity index (χ2n) is 1.88. The molecule has 0 saturated carbocycles. The zero-order valence-electron chi connectivity index (χ0n) is 5.53. The highest BCUT2D eigenvalue weighted by molar-refractivity contribution is 8.13. The topological polar surface area (TPSA) is 67.3 Å². The van der Waals surface area contributed by atoms with Crippen LogP contribution in [-0.2, 0) is 9.05 Å². The molecule has 12 heavy (non-hydrogen) atoms. The summed E-state index contributed by atoms with van der Waals surface area (Å²) in [6, 6.07) is 0.820. The normalized spacial score (nSPS) is 11.5. The van der Waals surface area contributed by atoms with Crippen molar-refractivity contribution in [2.45, 2.75) is 5.03 Å². The van der Waals surface area contributed by atoms with E-state index < -0.39 is 25.6 Å². The van der Waals surface area contributed by atoms with E-state index in [2.05, 4.69) is 4.98 Å². The molecule has 0 spiro atoms. The quantitative estimate of drug-likeness (QED) is 0.700. The first-order valence-corrected chi connectivity index (χ1v) is 5.02. The molecular formula is C5H3ClFNO3S. The maximum absolute atomic E-state index is 12.5. The van der Waals surface area contributed by atoms with Crippen LogP contribution >= 0.6 is 10.7 Å². The highest BCUT2D eigenvalue weighted by Gasteiger charge is 2.19. The summed E-state index contributed by atoms with van der Waals surface area (Å²) in [5.41, 5.74) is 0. The van der Waals surface area contributed by atoms with E-state index in [-0.39, 0.29) is 0 Å². The molecule has 0 bridgehead atoms. The number of aromatic nitrogens is 1. The summed E-state index contributed by atoms with van der Waals surface area (Å²) in [5.74, 6) is -2.14. The van der Waals surface area contributed by atoms with Crippen LogP contribution in [0.2, 0.25) is 0 Å². The van der Waals surface area contributed by atoms with Gasteiger partial charge in [-0.1, -0.05) is 0 Å². The van der Waals surface area contributed by atoms with Crippen LogP contribution in [0.3, 0.4) is 0 Å². The standard InChI is InChI=1S/C5H3ClFNO3S/c6-12(10,11)5-4(9)3(7)1-2-8-5/h1-2,9H. The van der Waals surface area contributed by atoms with Crippen molar-refractivity contribution in [3.8, 4) is 5.75 Å². The molecule has 1 aromatic rings. The largest absolute Gasteiger partial charge is 0.503 e. The summed E-state index contributed by atoms with van der Waals surface area (Å²) in [6.07, 6.45) is 0.893. The molecule has 1 aromatic heterocycles. The zero-order chi connectivity index (χ0) is 9.35. The Hall–Kier alpha value is -0.880. The first-order valence-electron chi connectivity index (χ1n) is 2.71. The van der Waals surface area contributed by atoms with Gasteiger partial charge in [-0.15, -0.1) is 0 Å². The number of halogens is 2. The Balaban J connectivity index is 3.47. The molecule has 1 heterocycles. The number of hydrogen-bond donors (Lipinski definition) is 1. The van der Waals surface area contributed by atoms with Crippen molar-refractivity contribution < 1.29 is 17.9 Å². The minimum atomic E-state index is -4.18. The van der Waals surface area contributed by atoms with E-state index in [1.54, 1.807) is 0 Å². The Morgan fingerprint density at radius 2 is 2.17 bits per heavy atom. The summed E-state index contributed by atoms with van der Waals surface area (Å²) < 4.78 is 33.7. The van der Waals surface area contributed by atoms with Gasteiger partial charge in [0.1, 0.15) is 0 Å². The molecule has 0 saturated heterocycles. The highest BCUT2D eigenvalue weighted by Crippen LogP contribution is 2.25. The maximum Gasteiger partial charge on any atom is 0.282 e. The van der Waals surface area contributed by atoms with Crippen LogP contribution in [0.4, 0.5) is 4.39 Å². The molecule has 66 valence electrons. The molecule has 0 atom stereocenters. The molecule has 1 rings (SSSR count). The lowest BCUT2D eigenvalue weighted by Gasteiger charge is -1.98. The summed E-state index contributed by atoms with van der Waals surface area (Å²) >= 11 is 0. The number of aromatic hydroxyl groups is 1. The third-order valence-electron chi connectivity index (χ3n) is 1.07. The molecule has 0 aliphatic heterocycles. The molecule has 0 unspecified atom stereocenters. The third-order valence-corrected chi connectivity index (χ3v) is 2.27. The second-order valence-corrected chi connectivity index (χ2v) is 4.37. The fraction of sp³-hybridized carbons (Fsp3) is 0. The van der Waals surface area contributed by atoms with Crippen LogP contribution in [0, 0.1) is 5.82 Å². The predicted octanol–water partition coefficient (Wildman–Crippen LogP) is 0.854. The Kier molecular flexibility index (Phi) is 2.20. The molecule has 0 aliphatic rings. The summed E-state index contributed by atoms with van der Waals surface area (Å²) in [5, 5.41) is 7.96. The van der Waals surface area contributed by atoms with Crippen LogP contribution < -0.4 is 0 Å². The molecule has 4 nitrogen and oxygen atoms in total. The average Bonchev–Trinajstić information content (AvgIpc) is 1.92. The molecule has 1 N–H and O–H groups in total. The molecule has 0 fully saturated rings. The van der Waals surface area contributed by atoms with Crippen molar-refractivity contribution in [3.05, 3.63) is 18.1 Å². The van der Waals surface area contributed by atoms with Gasteiger partial charge in [-0.05, 0) is 6.07 Å². The fourth-order valence-corrected chi connectivity index (χ4v) is 1.45. The minimum Gasteiger partial charge on any atom is -0.503 e. The van der Waals surface area contributed by atoms with Crippen LogP contribution in [-0.4, -0.2) is 18.5 Å². The first kappa shape index (κ1) is 9.21. The summed E-state index contributed by atoms with van der Waals surface area (Å²) in [4.78, 5) is 3.20. The van der Waals surface area contributed by atoms with Crippen molar-refractivity contribution in [1.29, 1.82) is 0 Å². The Labute approximate surface area is 72.0 Å². The summed E-state index contributed by atoms with van der Waals surface area (Å²) in [7, 11) is 0.634. The van der Waals surface area contributed by atoms with Crippen LogP contribution in [0.1, 0.15) is 0 Å². The smallest absolute Gasteiger partial charge is 0.282 e. The Morgan fingerprint density at radius 1 is 1.58 bits per heavy atom. The van der Waals surface area contributed by atoms with Gasteiger partial charge in [-0.2, -0.15) is 0 Å². The number of rotatable bonds is 1. The molecule has 0 aliphatic carbocycles. The van der Waals surface area contributed by atoms with Gasteiger partial charge in [0.25, 0.3) is 9.05 Å².